The molecule has 1 fully saturated rings. The maximum Gasteiger partial charge on any atom is 0.184 e. The van der Waals surface area contributed by atoms with Crippen LogP contribution in [0.2, 0.25) is 0 Å². The highest BCUT2D eigenvalue weighted by Gasteiger charge is 2.26. The lowest BCUT2D eigenvalue weighted by atomic mass is 9.99. The van der Waals surface area contributed by atoms with Gasteiger partial charge in [-0.05, 0) is 80.4 Å². The highest BCUT2D eigenvalue weighted by Crippen LogP contribution is 2.41. The van der Waals surface area contributed by atoms with Gasteiger partial charge in [0.1, 0.15) is 0 Å². The summed E-state index contributed by atoms with van der Waals surface area (Å²) in [6.45, 7) is 8.78. The van der Waals surface area contributed by atoms with Gasteiger partial charge in [0.2, 0.25) is 0 Å². The van der Waals surface area contributed by atoms with E-state index in [1.165, 1.54) is 0 Å². The minimum absolute atomic E-state index is 0.370. The third-order valence-electron chi connectivity index (χ3n) is 6.85. The molecule has 7 heteroatoms. The van der Waals surface area contributed by atoms with Crippen LogP contribution in [0.1, 0.15) is 30.9 Å². The molecule has 0 aliphatic carbocycles. The molecule has 1 saturated heterocycles. The fraction of sp³-hybridized carbons (Fsp3) is 0.367. The third kappa shape index (κ3) is 5.67. The zero-order valence-corrected chi connectivity index (χ0v) is 22.5. The normalized spacial score (nSPS) is 13.6. The molecule has 3 aromatic rings. The lowest BCUT2D eigenvalue weighted by Gasteiger charge is -2.37. The zero-order valence-electron chi connectivity index (χ0n) is 22.5. The molecule has 0 spiro atoms. The Balaban J connectivity index is 1.75. The molecule has 37 heavy (non-hydrogen) atoms. The Hall–Kier alpha value is -3.71. The smallest absolute Gasteiger partial charge is 0.184 e. The summed E-state index contributed by atoms with van der Waals surface area (Å²) in [7, 11) is 6.66. The number of hydrogen-bond donors (Lipinski definition) is 1. The molecule has 7 nitrogen and oxygen atoms in total. The van der Waals surface area contributed by atoms with Gasteiger partial charge in [-0.2, -0.15) is 0 Å². The van der Waals surface area contributed by atoms with Gasteiger partial charge in [-0.25, -0.2) is 0 Å². The number of benzene rings is 2. The topological polar surface area (TPSA) is 65.1 Å². The number of nitrogens with zero attached hydrogens (tertiary/aromatic N) is 2. The van der Waals surface area contributed by atoms with Crippen molar-refractivity contribution in [3.05, 3.63) is 66.4 Å². The molecule has 0 amide bonds. The standard InChI is InChI=1S/C30H37N3O4/c1-20(2)24-17-22(18-28(35-4)29(24)36-5)25-16-21(10-15-32-25)19-33(23-11-13-31-14-12-23)26-8-7-9-27(34-3)30(26)37-6/h7-10,15-18,23,31H,1,11-14,19H2,2-6H3. The second-order valence-electron chi connectivity index (χ2n) is 9.21. The lowest BCUT2D eigenvalue weighted by molar-refractivity contribution is 0.351. The Morgan fingerprint density at radius 2 is 1.68 bits per heavy atom. The van der Waals surface area contributed by atoms with Crippen LogP contribution < -0.4 is 29.2 Å². The molecule has 0 bridgehead atoms. The van der Waals surface area contributed by atoms with Gasteiger partial charge >= 0.3 is 0 Å². The van der Waals surface area contributed by atoms with Crippen molar-refractivity contribution in [2.75, 3.05) is 46.4 Å². The van der Waals surface area contributed by atoms with E-state index in [1.807, 2.05) is 31.3 Å². The zero-order chi connectivity index (χ0) is 26.4. The fourth-order valence-corrected chi connectivity index (χ4v) is 4.98. The van der Waals surface area contributed by atoms with Crippen LogP contribution in [0.15, 0.2) is 55.2 Å². The highest BCUT2D eigenvalue weighted by atomic mass is 16.5. The molecule has 196 valence electrons. The summed E-state index contributed by atoms with van der Waals surface area (Å²) < 4.78 is 22.7. The second kappa shape index (κ2) is 12.0. The van der Waals surface area contributed by atoms with E-state index in [1.54, 1.807) is 28.4 Å². The van der Waals surface area contributed by atoms with Gasteiger partial charge in [0.15, 0.2) is 23.0 Å². The molecule has 2 aromatic carbocycles. The number of anilines is 1. The monoisotopic (exact) mass is 503 g/mol. The van der Waals surface area contributed by atoms with Crippen molar-refractivity contribution < 1.29 is 18.9 Å². The number of piperidine rings is 1. The number of aromatic nitrogens is 1. The van der Waals surface area contributed by atoms with E-state index in [-0.39, 0.29) is 0 Å². The first-order valence-corrected chi connectivity index (χ1v) is 12.6. The number of ether oxygens (including phenoxy) is 4. The maximum atomic E-state index is 5.82. The minimum atomic E-state index is 0.370. The van der Waals surface area contributed by atoms with Crippen molar-refractivity contribution in [2.45, 2.75) is 32.4 Å². The van der Waals surface area contributed by atoms with Gasteiger partial charge in [0.25, 0.3) is 0 Å². The predicted octanol–water partition coefficient (Wildman–Crippen LogP) is 5.57. The third-order valence-corrected chi connectivity index (χ3v) is 6.85. The molecule has 2 heterocycles. The van der Waals surface area contributed by atoms with Crippen LogP contribution in [0.25, 0.3) is 16.8 Å². The molecule has 1 aromatic heterocycles. The molecule has 0 saturated carbocycles. The lowest BCUT2D eigenvalue weighted by Crippen LogP contribution is -2.43. The van der Waals surface area contributed by atoms with Crippen LogP contribution in [0, 0.1) is 0 Å². The molecule has 0 unspecified atom stereocenters. The summed E-state index contributed by atoms with van der Waals surface area (Å²) in [6.07, 6.45) is 3.97. The van der Waals surface area contributed by atoms with Crippen LogP contribution in [0.4, 0.5) is 5.69 Å². The first-order chi connectivity index (χ1) is 18.0. The number of hydrogen-bond acceptors (Lipinski definition) is 7. The van der Waals surface area contributed by atoms with E-state index in [0.29, 0.717) is 24.1 Å². The number of methoxy groups -OCH3 is 4. The molecule has 1 N–H and O–H groups in total. The SMILES string of the molecule is C=C(C)c1cc(-c2cc(CN(c3cccc(OC)c3OC)C3CCNCC3)ccn2)cc(OC)c1OC. The summed E-state index contributed by atoms with van der Waals surface area (Å²) in [6, 6.07) is 14.7. The Kier molecular flexibility index (Phi) is 8.56. The largest absolute Gasteiger partial charge is 0.493 e. The second-order valence-corrected chi connectivity index (χ2v) is 9.21. The average molecular weight is 504 g/mol. The first kappa shape index (κ1) is 26.4. The van der Waals surface area contributed by atoms with Crippen molar-refractivity contribution in [3.63, 3.8) is 0 Å². The first-order valence-electron chi connectivity index (χ1n) is 12.6. The molecule has 0 atom stereocenters. The van der Waals surface area contributed by atoms with Gasteiger partial charge < -0.3 is 29.2 Å². The number of para-hydroxylation sites is 1. The quantitative estimate of drug-likeness (QED) is 0.388. The van der Waals surface area contributed by atoms with Crippen molar-refractivity contribution in [1.29, 1.82) is 0 Å². The number of pyridine rings is 1. The van der Waals surface area contributed by atoms with Crippen LogP contribution >= 0.6 is 0 Å². The number of nitrogens with one attached hydrogen (secondary N) is 1. The van der Waals surface area contributed by atoms with Crippen LogP contribution in [0.5, 0.6) is 23.0 Å². The van der Waals surface area contributed by atoms with E-state index < -0.39 is 0 Å². The van der Waals surface area contributed by atoms with Gasteiger partial charge in [0, 0.05) is 29.9 Å². The van der Waals surface area contributed by atoms with Gasteiger partial charge in [0.05, 0.1) is 39.8 Å². The van der Waals surface area contributed by atoms with Crippen LogP contribution in [-0.2, 0) is 6.54 Å². The Morgan fingerprint density at radius 3 is 2.32 bits per heavy atom. The Morgan fingerprint density at radius 1 is 0.946 bits per heavy atom. The van der Waals surface area contributed by atoms with E-state index in [9.17, 15) is 0 Å². The van der Waals surface area contributed by atoms with Crippen LogP contribution in [-0.4, -0.2) is 52.6 Å². The summed E-state index contributed by atoms with van der Waals surface area (Å²) in [5, 5.41) is 3.48. The minimum Gasteiger partial charge on any atom is -0.493 e. The molecule has 1 aliphatic rings. The predicted molar refractivity (Wildman–Crippen MR) is 149 cm³/mol. The molecular weight excluding hydrogens is 466 g/mol. The van der Waals surface area contributed by atoms with E-state index in [4.69, 9.17) is 23.9 Å². The summed E-state index contributed by atoms with van der Waals surface area (Å²) >= 11 is 0. The van der Waals surface area contributed by atoms with E-state index in [0.717, 1.165) is 71.1 Å². The van der Waals surface area contributed by atoms with Crippen molar-refractivity contribution in [3.8, 4) is 34.3 Å². The molecule has 1 aliphatic heterocycles. The van der Waals surface area contributed by atoms with E-state index in [2.05, 4.69) is 41.1 Å². The number of rotatable bonds is 10. The Bertz CT molecular complexity index is 1240. The van der Waals surface area contributed by atoms with Gasteiger partial charge in [-0.3, -0.25) is 4.98 Å². The molecular formula is C30H37N3O4. The van der Waals surface area contributed by atoms with Gasteiger partial charge in [-0.1, -0.05) is 12.6 Å². The van der Waals surface area contributed by atoms with Crippen LogP contribution in [0.3, 0.4) is 0 Å². The molecule has 0 radical (unpaired) electrons. The fourth-order valence-electron chi connectivity index (χ4n) is 4.98. The summed E-state index contributed by atoms with van der Waals surface area (Å²) in [4.78, 5) is 7.14. The van der Waals surface area contributed by atoms with E-state index >= 15 is 0 Å². The maximum absolute atomic E-state index is 5.82. The van der Waals surface area contributed by atoms with Crippen molar-refractivity contribution in [2.24, 2.45) is 0 Å². The van der Waals surface area contributed by atoms with Crippen molar-refractivity contribution in [1.82, 2.24) is 10.3 Å². The summed E-state index contributed by atoms with van der Waals surface area (Å²) in [5.41, 5.74) is 5.80. The Labute approximate surface area is 220 Å². The molecule has 4 rings (SSSR count). The van der Waals surface area contributed by atoms with Gasteiger partial charge in [-0.15, -0.1) is 0 Å². The number of allylic oxidation sites excluding steroid dienone is 1. The summed E-state index contributed by atoms with van der Waals surface area (Å²) in [5.74, 6) is 2.82. The highest BCUT2D eigenvalue weighted by molar-refractivity contribution is 5.77. The average Bonchev–Trinajstić information content (AvgIpc) is 2.95. The van der Waals surface area contributed by atoms with Crippen molar-refractivity contribution >= 4 is 11.3 Å².